The van der Waals surface area contributed by atoms with Crippen LogP contribution in [0.2, 0.25) is 0 Å². The predicted molar refractivity (Wildman–Crippen MR) is 81.5 cm³/mol. The van der Waals surface area contributed by atoms with E-state index < -0.39 is 0 Å². The summed E-state index contributed by atoms with van der Waals surface area (Å²) in [4.78, 5) is 32.0. The summed E-state index contributed by atoms with van der Waals surface area (Å²) >= 11 is 1.46. The number of carbonyl (C=O) groups is 2. The van der Waals surface area contributed by atoms with Crippen LogP contribution in [0.25, 0.3) is 0 Å². The molecule has 0 atom stereocenters. The van der Waals surface area contributed by atoms with E-state index in [9.17, 15) is 9.59 Å². The topological polar surface area (TPSA) is 56.4 Å². The molecule has 1 N–H and O–H groups in total. The molecular formula is C15H17N3O2S. The Kier molecular flexibility index (Phi) is 4.06. The van der Waals surface area contributed by atoms with E-state index in [-0.39, 0.29) is 11.8 Å². The van der Waals surface area contributed by atoms with Gasteiger partial charge >= 0.3 is 0 Å². The number of aromatic amines is 1. The Bertz CT molecular complexity index is 553. The minimum atomic E-state index is 0.00502. The third kappa shape index (κ3) is 3.00. The van der Waals surface area contributed by atoms with Crippen LogP contribution >= 0.6 is 11.3 Å². The molecule has 1 aliphatic rings. The average Bonchev–Trinajstić information content (AvgIpc) is 3.15. The molecule has 21 heavy (non-hydrogen) atoms. The predicted octanol–water partition coefficient (Wildman–Crippen LogP) is 2.06. The Hall–Kier alpha value is -2.08. The molecule has 3 rings (SSSR count). The Morgan fingerprint density at radius 3 is 2.38 bits per heavy atom. The number of H-pyrrole nitrogens is 1. The van der Waals surface area contributed by atoms with Crippen LogP contribution < -0.4 is 0 Å². The number of rotatable bonds is 2. The van der Waals surface area contributed by atoms with Crippen molar-refractivity contribution in [2.75, 3.05) is 26.2 Å². The number of amides is 2. The van der Waals surface area contributed by atoms with Gasteiger partial charge < -0.3 is 14.8 Å². The summed E-state index contributed by atoms with van der Waals surface area (Å²) in [6.07, 6.45) is 2.56. The number of carbonyl (C=O) groups excluding carboxylic acids is 2. The number of thiophene rings is 1. The van der Waals surface area contributed by atoms with Crippen molar-refractivity contribution in [2.45, 2.75) is 6.42 Å². The molecule has 6 heteroatoms. The van der Waals surface area contributed by atoms with Crippen LogP contribution in [0.4, 0.5) is 0 Å². The number of hydrogen-bond donors (Lipinski definition) is 1. The summed E-state index contributed by atoms with van der Waals surface area (Å²) < 4.78 is 0. The van der Waals surface area contributed by atoms with Crippen molar-refractivity contribution in [2.24, 2.45) is 0 Å². The van der Waals surface area contributed by atoms with Crippen molar-refractivity contribution in [3.05, 3.63) is 46.4 Å². The molecule has 0 radical (unpaired) electrons. The first-order valence-corrected chi connectivity index (χ1v) is 7.89. The molecular weight excluding hydrogens is 286 g/mol. The molecule has 0 aromatic carbocycles. The van der Waals surface area contributed by atoms with Crippen molar-refractivity contribution >= 4 is 23.2 Å². The molecule has 0 saturated carbocycles. The van der Waals surface area contributed by atoms with E-state index >= 15 is 0 Å². The lowest BCUT2D eigenvalue weighted by atomic mass is 10.3. The second-order valence-electron chi connectivity index (χ2n) is 5.00. The smallest absolute Gasteiger partial charge is 0.270 e. The molecule has 0 unspecified atom stereocenters. The monoisotopic (exact) mass is 303 g/mol. The third-order valence-corrected chi connectivity index (χ3v) is 4.49. The molecule has 2 aromatic rings. The van der Waals surface area contributed by atoms with E-state index in [1.54, 1.807) is 12.3 Å². The zero-order chi connectivity index (χ0) is 14.7. The number of nitrogens with one attached hydrogen (secondary N) is 1. The average molecular weight is 303 g/mol. The molecule has 5 nitrogen and oxygen atoms in total. The van der Waals surface area contributed by atoms with Crippen LogP contribution in [0, 0.1) is 0 Å². The van der Waals surface area contributed by atoms with Crippen LogP contribution in [-0.2, 0) is 0 Å². The van der Waals surface area contributed by atoms with Gasteiger partial charge in [-0.1, -0.05) is 6.07 Å². The Morgan fingerprint density at radius 1 is 1.00 bits per heavy atom. The van der Waals surface area contributed by atoms with Crippen molar-refractivity contribution in [1.82, 2.24) is 14.8 Å². The molecule has 2 aromatic heterocycles. The molecule has 1 aliphatic heterocycles. The summed E-state index contributed by atoms with van der Waals surface area (Å²) in [6, 6.07) is 7.33. The lowest BCUT2D eigenvalue weighted by Gasteiger charge is -2.21. The van der Waals surface area contributed by atoms with E-state index in [1.807, 2.05) is 33.4 Å². The molecule has 2 amide bonds. The first-order valence-electron chi connectivity index (χ1n) is 7.01. The van der Waals surface area contributed by atoms with E-state index in [4.69, 9.17) is 0 Å². The van der Waals surface area contributed by atoms with Crippen LogP contribution in [0.1, 0.15) is 26.6 Å². The van der Waals surface area contributed by atoms with Gasteiger partial charge in [-0.3, -0.25) is 9.59 Å². The van der Waals surface area contributed by atoms with E-state index in [0.29, 0.717) is 31.9 Å². The zero-order valence-electron chi connectivity index (χ0n) is 11.6. The van der Waals surface area contributed by atoms with Gasteiger partial charge in [0.2, 0.25) is 0 Å². The summed E-state index contributed by atoms with van der Waals surface area (Å²) in [6.45, 7) is 2.55. The van der Waals surface area contributed by atoms with Gasteiger partial charge in [-0.05, 0) is 30.0 Å². The van der Waals surface area contributed by atoms with Gasteiger partial charge in [0.05, 0.1) is 4.88 Å². The molecule has 110 valence electrons. The summed E-state index contributed by atoms with van der Waals surface area (Å²) in [7, 11) is 0. The van der Waals surface area contributed by atoms with Crippen molar-refractivity contribution in [3.63, 3.8) is 0 Å². The van der Waals surface area contributed by atoms with Crippen molar-refractivity contribution < 1.29 is 9.59 Å². The first-order chi connectivity index (χ1) is 10.3. The Labute approximate surface area is 127 Å². The molecule has 0 aliphatic carbocycles. The first kappa shape index (κ1) is 13.9. The quantitative estimate of drug-likeness (QED) is 0.923. The standard InChI is InChI=1S/C15H17N3O2S/c19-14(12-4-1-6-16-12)17-7-3-8-18(10-9-17)15(20)13-5-2-11-21-13/h1-2,4-6,11,16H,3,7-10H2. The number of nitrogens with zero attached hydrogens (tertiary/aromatic N) is 2. The van der Waals surface area contributed by atoms with E-state index in [0.717, 1.165) is 11.3 Å². The molecule has 0 spiro atoms. The number of aromatic nitrogens is 1. The maximum atomic E-state index is 12.3. The van der Waals surface area contributed by atoms with Crippen molar-refractivity contribution in [1.29, 1.82) is 0 Å². The highest BCUT2D eigenvalue weighted by Gasteiger charge is 2.24. The van der Waals surface area contributed by atoms with Gasteiger partial charge in [0.1, 0.15) is 5.69 Å². The highest BCUT2D eigenvalue weighted by Crippen LogP contribution is 2.14. The number of hydrogen-bond acceptors (Lipinski definition) is 3. The fraction of sp³-hybridized carbons (Fsp3) is 0.333. The summed E-state index contributed by atoms with van der Waals surface area (Å²) in [5, 5.41) is 1.91. The maximum absolute atomic E-state index is 12.3. The molecule has 0 bridgehead atoms. The lowest BCUT2D eigenvalue weighted by molar-refractivity contribution is 0.0718. The van der Waals surface area contributed by atoms with Gasteiger partial charge in [0.15, 0.2) is 0 Å². The largest absolute Gasteiger partial charge is 0.357 e. The molecule has 3 heterocycles. The SMILES string of the molecule is O=C(c1ccc[nH]1)N1CCCN(C(=O)c2cccs2)CC1. The van der Waals surface area contributed by atoms with Gasteiger partial charge in [0.25, 0.3) is 11.8 Å². The second kappa shape index (κ2) is 6.13. The zero-order valence-corrected chi connectivity index (χ0v) is 12.4. The Morgan fingerprint density at radius 2 is 1.76 bits per heavy atom. The normalized spacial score (nSPS) is 15.8. The summed E-state index contributed by atoms with van der Waals surface area (Å²) in [5.41, 5.74) is 0.605. The molecule has 1 saturated heterocycles. The van der Waals surface area contributed by atoms with Crippen LogP contribution in [-0.4, -0.2) is 52.8 Å². The highest BCUT2D eigenvalue weighted by molar-refractivity contribution is 7.12. The highest BCUT2D eigenvalue weighted by atomic mass is 32.1. The van der Waals surface area contributed by atoms with Gasteiger partial charge in [0, 0.05) is 32.4 Å². The third-order valence-electron chi connectivity index (χ3n) is 3.63. The molecule has 1 fully saturated rings. The van der Waals surface area contributed by atoms with Gasteiger partial charge in [-0.15, -0.1) is 11.3 Å². The van der Waals surface area contributed by atoms with Crippen LogP contribution in [0.5, 0.6) is 0 Å². The maximum Gasteiger partial charge on any atom is 0.270 e. The minimum Gasteiger partial charge on any atom is -0.357 e. The lowest BCUT2D eigenvalue weighted by Crippen LogP contribution is -2.37. The summed E-state index contributed by atoms with van der Waals surface area (Å²) in [5.74, 6) is 0.0737. The minimum absolute atomic E-state index is 0.00502. The van der Waals surface area contributed by atoms with E-state index in [1.165, 1.54) is 11.3 Å². The van der Waals surface area contributed by atoms with Gasteiger partial charge in [-0.2, -0.15) is 0 Å². The van der Waals surface area contributed by atoms with Crippen LogP contribution in [0.3, 0.4) is 0 Å². The van der Waals surface area contributed by atoms with E-state index in [2.05, 4.69) is 4.98 Å². The Balaban J connectivity index is 1.64. The second-order valence-corrected chi connectivity index (χ2v) is 5.95. The van der Waals surface area contributed by atoms with Crippen molar-refractivity contribution in [3.8, 4) is 0 Å². The fourth-order valence-electron chi connectivity index (χ4n) is 2.51. The van der Waals surface area contributed by atoms with Crippen LogP contribution in [0.15, 0.2) is 35.8 Å². The van der Waals surface area contributed by atoms with Gasteiger partial charge in [-0.25, -0.2) is 0 Å². The fourth-order valence-corrected chi connectivity index (χ4v) is 3.20.